The Morgan fingerprint density at radius 1 is 0.654 bits per heavy atom. The third kappa shape index (κ3) is 3.49. The molecule has 1 heteroatoms. The summed E-state index contributed by atoms with van der Waals surface area (Å²) in [4.78, 5) is 0. The highest BCUT2D eigenvalue weighted by Gasteiger charge is 2.38. The van der Waals surface area contributed by atoms with Crippen LogP contribution in [0.2, 0.25) is 0 Å². The average Bonchev–Trinajstić information content (AvgIpc) is 3.06. The van der Waals surface area contributed by atoms with E-state index in [2.05, 4.69) is 92.7 Å². The van der Waals surface area contributed by atoms with E-state index in [1.54, 1.807) is 11.1 Å². The van der Waals surface area contributed by atoms with Crippen LogP contribution in [0.3, 0.4) is 0 Å². The zero-order chi connectivity index (χ0) is 17.9. The van der Waals surface area contributed by atoms with Crippen LogP contribution in [0, 0.1) is 13.8 Å². The van der Waals surface area contributed by atoms with Gasteiger partial charge in [-0.2, -0.15) is 0 Å². The molecule has 1 aliphatic rings. The number of hydrogen-bond acceptors (Lipinski definition) is 0. The molecule has 0 aliphatic carbocycles. The van der Waals surface area contributed by atoms with E-state index in [0.29, 0.717) is 0 Å². The monoisotopic (exact) mass is 358 g/mol. The standard InChI is InChI=1S/C25H27P/c1-19-10-6-8-14-22(19)24-16-17-25(23-15-9-7-11-20(23)2)26(24)18-21-12-4-3-5-13-21/h3-15,24-25H,16-18H2,1-2H3. The summed E-state index contributed by atoms with van der Waals surface area (Å²) in [7, 11) is -0.133. The van der Waals surface area contributed by atoms with Gasteiger partial charge in [-0.3, -0.25) is 0 Å². The third-order valence-corrected chi connectivity index (χ3v) is 9.22. The normalized spacial score (nSPS) is 22.5. The van der Waals surface area contributed by atoms with Crippen LogP contribution in [-0.2, 0) is 6.16 Å². The topological polar surface area (TPSA) is 0 Å². The highest BCUT2D eigenvalue weighted by atomic mass is 31.1. The van der Waals surface area contributed by atoms with E-state index in [4.69, 9.17) is 0 Å². The van der Waals surface area contributed by atoms with Gasteiger partial charge in [-0.15, -0.1) is 0 Å². The minimum absolute atomic E-state index is 0.133. The van der Waals surface area contributed by atoms with Gasteiger partial charge >= 0.3 is 0 Å². The van der Waals surface area contributed by atoms with Crippen molar-refractivity contribution in [2.24, 2.45) is 0 Å². The quantitative estimate of drug-likeness (QED) is 0.422. The van der Waals surface area contributed by atoms with Crippen LogP contribution in [0.5, 0.6) is 0 Å². The summed E-state index contributed by atoms with van der Waals surface area (Å²) < 4.78 is 0. The molecule has 0 aromatic heterocycles. The van der Waals surface area contributed by atoms with Crippen LogP contribution in [0.15, 0.2) is 78.9 Å². The lowest BCUT2D eigenvalue weighted by Gasteiger charge is -2.28. The molecule has 0 spiro atoms. The largest absolute Gasteiger partial charge is 0.0868 e. The Morgan fingerprint density at radius 3 is 1.62 bits per heavy atom. The van der Waals surface area contributed by atoms with Gasteiger partial charge in [0.25, 0.3) is 0 Å². The second kappa shape index (κ2) is 7.77. The van der Waals surface area contributed by atoms with Crippen molar-refractivity contribution in [3.05, 3.63) is 107 Å². The molecule has 0 bridgehead atoms. The van der Waals surface area contributed by atoms with E-state index in [9.17, 15) is 0 Å². The Morgan fingerprint density at radius 2 is 1.12 bits per heavy atom. The smallest absolute Gasteiger partial charge is 0.00532 e. The molecule has 0 N–H and O–H groups in total. The fourth-order valence-corrected chi connectivity index (χ4v) is 8.23. The van der Waals surface area contributed by atoms with Gasteiger partial charge in [0.1, 0.15) is 0 Å². The molecule has 2 atom stereocenters. The molecular formula is C25H27P. The van der Waals surface area contributed by atoms with E-state index in [-0.39, 0.29) is 7.92 Å². The van der Waals surface area contributed by atoms with Gasteiger partial charge in [0, 0.05) is 11.3 Å². The maximum absolute atomic E-state index is 2.38. The summed E-state index contributed by atoms with van der Waals surface area (Å²) in [5.74, 6) is 0. The molecule has 3 aromatic rings. The number of aryl methyl sites for hydroxylation is 2. The summed E-state index contributed by atoms with van der Waals surface area (Å²) in [6.45, 7) is 4.57. The molecule has 132 valence electrons. The molecule has 4 rings (SSSR count). The van der Waals surface area contributed by atoms with E-state index in [1.165, 1.54) is 35.7 Å². The Balaban J connectivity index is 1.73. The second-order valence-electron chi connectivity index (χ2n) is 7.48. The fraction of sp³-hybridized carbons (Fsp3) is 0.280. The fourth-order valence-electron chi connectivity index (χ4n) is 4.47. The summed E-state index contributed by atoms with van der Waals surface area (Å²) in [5.41, 5.74) is 9.04. The lowest BCUT2D eigenvalue weighted by atomic mass is 9.99. The van der Waals surface area contributed by atoms with Gasteiger partial charge in [0.15, 0.2) is 0 Å². The Bertz CT molecular complexity index is 815. The zero-order valence-corrected chi connectivity index (χ0v) is 16.6. The Kier molecular flexibility index (Phi) is 5.23. The van der Waals surface area contributed by atoms with Gasteiger partial charge in [-0.25, -0.2) is 0 Å². The van der Waals surface area contributed by atoms with Crippen molar-refractivity contribution in [2.45, 2.75) is 44.2 Å². The van der Waals surface area contributed by atoms with Crippen molar-refractivity contribution in [3.8, 4) is 0 Å². The SMILES string of the molecule is Cc1ccccc1C1CCC(c2ccccc2C)P1Cc1ccccc1. The van der Waals surface area contributed by atoms with E-state index in [0.717, 1.165) is 11.3 Å². The molecule has 3 aromatic carbocycles. The summed E-state index contributed by atoms with van der Waals surface area (Å²) in [6, 6.07) is 29.2. The molecule has 26 heavy (non-hydrogen) atoms. The molecule has 0 saturated carbocycles. The molecule has 0 radical (unpaired) electrons. The predicted octanol–water partition coefficient (Wildman–Crippen LogP) is 7.56. The summed E-state index contributed by atoms with van der Waals surface area (Å²) >= 11 is 0. The molecule has 1 saturated heterocycles. The van der Waals surface area contributed by atoms with Crippen molar-refractivity contribution in [1.82, 2.24) is 0 Å². The highest BCUT2D eigenvalue weighted by molar-refractivity contribution is 7.58. The van der Waals surface area contributed by atoms with Crippen molar-refractivity contribution in [2.75, 3.05) is 0 Å². The first-order valence-corrected chi connectivity index (χ1v) is 11.3. The minimum Gasteiger partial charge on any atom is -0.0868 e. The van der Waals surface area contributed by atoms with E-state index < -0.39 is 0 Å². The zero-order valence-electron chi connectivity index (χ0n) is 15.7. The molecule has 0 nitrogen and oxygen atoms in total. The maximum Gasteiger partial charge on any atom is 0.00532 e. The van der Waals surface area contributed by atoms with Crippen LogP contribution >= 0.6 is 7.92 Å². The van der Waals surface area contributed by atoms with Gasteiger partial charge in [0.2, 0.25) is 0 Å². The van der Waals surface area contributed by atoms with Crippen molar-refractivity contribution >= 4 is 7.92 Å². The first-order chi connectivity index (χ1) is 12.7. The Labute approximate surface area is 159 Å². The second-order valence-corrected chi connectivity index (χ2v) is 10.1. The highest BCUT2D eigenvalue weighted by Crippen LogP contribution is 2.72. The molecule has 1 fully saturated rings. The average molecular weight is 358 g/mol. The van der Waals surface area contributed by atoms with Gasteiger partial charge in [-0.05, 0) is 60.7 Å². The first-order valence-electron chi connectivity index (χ1n) is 9.65. The maximum atomic E-state index is 2.38. The van der Waals surface area contributed by atoms with Crippen LogP contribution in [0.25, 0.3) is 0 Å². The molecule has 0 amide bonds. The number of benzene rings is 3. The number of rotatable bonds is 4. The van der Waals surface area contributed by atoms with E-state index in [1.807, 2.05) is 0 Å². The van der Waals surface area contributed by atoms with Crippen LogP contribution in [0.1, 0.15) is 52.0 Å². The van der Waals surface area contributed by atoms with Crippen molar-refractivity contribution in [1.29, 1.82) is 0 Å². The number of hydrogen-bond donors (Lipinski definition) is 0. The summed E-state index contributed by atoms with van der Waals surface area (Å²) in [5, 5.41) is 0. The molecule has 1 aliphatic heterocycles. The third-order valence-electron chi connectivity index (χ3n) is 5.82. The first kappa shape index (κ1) is 17.5. The molecule has 1 heterocycles. The van der Waals surface area contributed by atoms with E-state index >= 15 is 0 Å². The lowest BCUT2D eigenvalue weighted by Crippen LogP contribution is -2.00. The predicted molar refractivity (Wildman–Crippen MR) is 114 cm³/mol. The van der Waals surface area contributed by atoms with Gasteiger partial charge in [-0.1, -0.05) is 86.8 Å². The van der Waals surface area contributed by atoms with Gasteiger partial charge in [0.05, 0.1) is 0 Å². The molecule has 2 unspecified atom stereocenters. The molecular weight excluding hydrogens is 331 g/mol. The van der Waals surface area contributed by atoms with Gasteiger partial charge < -0.3 is 0 Å². The lowest BCUT2D eigenvalue weighted by molar-refractivity contribution is 0.760. The summed E-state index contributed by atoms with van der Waals surface area (Å²) in [6.07, 6.45) is 3.87. The van der Waals surface area contributed by atoms with Crippen LogP contribution in [0.4, 0.5) is 0 Å². The Hall–Kier alpha value is -1.91. The van der Waals surface area contributed by atoms with Crippen LogP contribution < -0.4 is 0 Å². The van der Waals surface area contributed by atoms with Crippen LogP contribution in [-0.4, -0.2) is 0 Å². The van der Waals surface area contributed by atoms with Crippen molar-refractivity contribution < 1.29 is 0 Å². The van der Waals surface area contributed by atoms with Crippen molar-refractivity contribution in [3.63, 3.8) is 0 Å². The minimum atomic E-state index is -0.133.